The monoisotopic (exact) mass is 472 g/mol. The molecular weight excluding hydrogens is 444 g/mol. The van der Waals surface area contributed by atoms with Crippen molar-refractivity contribution < 1.29 is 42.7 Å². The van der Waals surface area contributed by atoms with E-state index >= 15 is 0 Å². The van der Waals surface area contributed by atoms with E-state index in [0.717, 1.165) is 0 Å². The van der Waals surface area contributed by atoms with Crippen molar-refractivity contribution in [3.63, 3.8) is 0 Å². The lowest BCUT2D eigenvalue weighted by Crippen LogP contribution is -2.13. The topological polar surface area (TPSA) is 98.8 Å². The van der Waals surface area contributed by atoms with Crippen LogP contribution in [-0.4, -0.2) is 61.0 Å². The summed E-state index contributed by atoms with van der Waals surface area (Å²) in [7, 11) is 8.74. The van der Waals surface area contributed by atoms with Gasteiger partial charge < -0.3 is 33.2 Å². The first kappa shape index (κ1) is 26.1. The molecule has 0 aliphatic heterocycles. The van der Waals surface area contributed by atoms with E-state index in [2.05, 4.69) is 4.74 Å². The zero-order valence-electron chi connectivity index (χ0n) is 20.0. The van der Waals surface area contributed by atoms with Crippen LogP contribution >= 0.6 is 0 Å². The predicted molar refractivity (Wildman–Crippen MR) is 126 cm³/mol. The van der Waals surface area contributed by atoms with E-state index in [-0.39, 0.29) is 18.1 Å². The first-order chi connectivity index (χ1) is 16.4. The highest BCUT2D eigenvalue weighted by Gasteiger charge is 2.16. The highest BCUT2D eigenvalue weighted by Crippen LogP contribution is 2.39. The molecule has 0 fully saturated rings. The van der Waals surface area contributed by atoms with Gasteiger partial charge in [0.15, 0.2) is 35.4 Å². The normalized spacial score (nSPS) is 10.8. The summed E-state index contributed by atoms with van der Waals surface area (Å²) in [4.78, 5) is 23.8. The van der Waals surface area contributed by atoms with Gasteiger partial charge in [-0.3, -0.25) is 4.79 Å². The van der Waals surface area contributed by atoms with Crippen molar-refractivity contribution in [3.8, 4) is 34.5 Å². The molecule has 2 aromatic carbocycles. The molecule has 2 aromatic rings. The quantitative estimate of drug-likeness (QED) is 0.339. The summed E-state index contributed by atoms with van der Waals surface area (Å²) in [6.45, 7) is -0.303. The minimum Gasteiger partial charge on any atom is -0.493 e. The molecule has 0 bridgehead atoms. The molecule has 182 valence electrons. The summed E-state index contributed by atoms with van der Waals surface area (Å²) in [6.07, 6.45) is 6.07. The van der Waals surface area contributed by atoms with Gasteiger partial charge in [-0.05, 0) is 47.5 Å². The second-order valence-corrected chi connectivity index (χ2v) is 6.65. The third kappa shape index (κ3) is 6.68. The number of hydrogen-bond donors (Lipinski definition) is 0. The van der Waals surface area contributed by atoms with E-state index in [1.165, 1.54) is 54.8 Å². The molecule has 9 nitrogen and oxygen atoms in total. The number of rotatable bonds is 12. The third-order valence-corrected chi connectivity index (χ3v) is 4.61. The Hall–Kier alpha value is -4.14. The van der Waals surface area contributed by atoms with Crippen LogP contribution in [0.1, 0.15) is 11.1 Å². The van der Waals surface area contributed by atoms with Crippen molar-refractivity contribution >= 4 is 23.9 Å². The Bertz CT molecular complexity index is 1020. The van der Waals surface area contributed by atoms with E-state index in [1.54, 1.807) is 36.4 Å². The zero-order valence-corrected chi connectivity index (χ0v) is 20.0. The second kappa shape index (κ2) is 12.8. The Morgan fingerprint density at radius 1 is 0.647 bits per heavy atom. The number of carbonyl (C=O) groups excluding carboxylic acids is 2. The molecule has 0 saturated carbocycles. The fourth-order valence-corrected chi connectivity index (χ4v) is 2.94. The summed E-state index contributed by atoms with van der Waals surface area (Å²) in [5, 5.41) is 0. The van der Waals surface area contributed by atoms with Crippen molar-refractivity contribution in [3.05, 3.63) is 47.5 Å². The fraction of sp³-hybridized carbons (Fsp3) is 0.280. The molecule has 0 aromatic heterocycles. The number of benzene rings is 2. The largest absolute Gasteiger partial charge is 0.493 e. The minimum absolute atomic E-state index is 0.251. The summed E-state index contributed by atoms with van der Waals surface area (Å²) >= 11 is 0. The zero-order chi connectivity index (χ0) is 25.1. The average molecular weight is 472 g/mol. The van der Waals surface area contributed by atoms with E-state index < -0.39 is 5.97 Å². The van der Waals surface area contributed by atoms with Gasteiger partial charge in [0.2, 0.25) is 11.5 Å². The number of methoxy groups -OCH3 is 6. The third-order valence-electron chi connectivity index (χ3n) is 4.61. The molecule has 2 rings (SSSR count). The van der Waals surface area contributed by atoms with Crippen molar-refractivity contribution in [2.45, 2.75) is 0 Å². The van der Waals surface area contributed by atoms with Gasteiger partial charge in [-0.2, -0.15) is 0 Å². The number of esters is 1. The van der Waals surface area contributed by atoms with Crippen LogP contribution in [0.15, 0.2) is 36.4 Å². The van der Waals surface area contributed by atoms with E-state index in [9.17, 15) is 9.59 Å². The van der Waals surface area contributed by atoms with Gasteiger partial charge in [-0.1, -0.05) is 12.2 Å². The van der Waals surface area contributed by atoms with E-state index in [4.69, 9.17) is 28.4 Å². The van der Waals surface area contributed by atoms with Gasteiger partial charge in [0.25, 0.3) is 0 Å². The Morgan fingerprint density at radius 2 is 1.06 bits per heavy atom. The Balaban J connectivity index is 2.22. The predicted octanol–water partition coefficient (Wildman–Crippen LogP) is 3.58. The lowest BCUT2D eigenvalue weighted by Gasteiger charge is -2.14. The first-order valence-electron chi connectivity index (χ1n) is 10.1. The fourth-order valence-electron chi connectivity index (χ4n) is 2.94. The molecule has 0 aliphatic rings. The van der Waals surface area contributed by atoms with E-state index in [0.29, 0.717) is 39.9 Å². The highest BCUT2D eigenvalue weighted by molar-refractivity contribution is 6.04. The molecule has 0 aliphatic carbocycles. The van der Waals surface area contributed by atoms with Crippen LogP contribution in [0.5, 0.6) is 34.5 Å². The Morgan fingerprint density at radius 3 is 1.41 bits per heavy atom. The van der Waals surface area contributed by atoms with Crippen LogP contribution < -0.4 is 28.4 Å². The number of ether oxygens (including phenoxy) is 7. The molecule has 0 atom stereocenters. The first-order valence-corrected chi connectivity index (χ1v) is 10.1. The van der Waals surface area contributed by atoms with Gasteiger partial charge in [-0.15, -0.1) is 0 Å². The van der Waals surface area contributed by atoms with Gasteiger partial charge in [0, 0.05) is 0 Å². The van der Waals surface area contributed by atoms with Crippen molar-refractivity contribution in [2.75, 3.05) is 49.3 Å². The molecule has 34 heavy (non-hydrogen) atoms. The van der Waals surface area contributed by atoms with Crippen molar-refractivity contribution in [1.82, 2.24) is 0 Å². The molecule has 0 heterocycles. The molecular formula is C25H28O9. The molecule has 0 radical (unpaired) electrons. The lowest BCUT2D eigenvalue weighted by atomic mass is 10.1. The van der Waals surface area contributed by atoms with Crippen molar-refractivity contribution in [2.24, 2.45) is 0 Å². The standard InChI is InChI=1S/C25H28O9/c1-28-19-11-16(12-20(29-2)24(19)33-6)7-9-18(26)10-8-17-13-21(30-3)25(22(14-17)31-4)34-15-23(27)32-5/h7-14H,15H2,1-6H3/b9-7+,10-8+. The van der Waals surface area contributed by atoms with Crippen LogP contribution in [0.3, 0.4) is 0 Å². The number of carbonyl (C=O) groups is 2. The molecule has 9 heteroatoms. The van der Waals surface area contributed by atoms with Gasteiger partial charge in [0.1, 0.15) is 0 Å². The average Bonchev–Trinajstić information content (AvgIpc) is 2.87. The number of hydrogen-bond acceptors (Lipinski definition) is 9. The minimum atomic E-state index is -0.544. The van der Waals surface area contributed by atoms with Gasteiger partial charge in [-0.25, -0.2) is 4.79 Å². The number of allylic oxidation sites excluding steroid dienone is 2. The van der Waals surface area contributed by atoms with Crippen LogP contribution in [0, 0.1) is 0 Å². The van der Waals surface area contributed by atoms with Crippen molar-refractivity contribution in [1.29, 1.82) is 0 Å². The molecule has 0 spiro atoms. The van der Waals surface area contributed by atoms with Crippen LogP contribution in [-0.2, 0) is 14.3 Å². The summed E-state index contributed by atoms with van der Waals surface area (Å²) in [6, 6.07) is 6.78. The van der Waals surface area contributed by atoms with Gasteiger partial charge in [0.05, 0.1) is 42.7 Å². The maximum atomic E-state index is 12.4. The number of ketones is 1. The summed E-state index contributed by atoms with van der Waals surface area (Å²) in [5.41, 5.74) is 1.33. The maximum absolute atomic E-state index is 12.4. The summed E-state index contributed by atoms with van der Waals surface area (Å²) in [5.74, 6) is 1.56. The Kier molecular flexibility index (Phi) is 9.82. The smallest absolute Gasteiger partial charge is 0.343 e. The second-order valence-electron chi connectivity index (χ2n) is 6.65. The SMILES string of the molecule is COC(=O)COc1c(OC)cc(/C=C/C(=O)/C=C/c2cc(OC)c(OC)c(OC)c2)cc1OC. The molecule has 0 N–H and O–H groups in total. The lowest BCUT2D eigenvalue weighted by molar-refractivity contribution is -0.143. The van der Waals surface area contributed by atoms with Crippen LogP contribution in [0.25, 0.3) is 12.2 Å². The maximum Gasteiger partial charge on any atom is 0.343 e. The van der Waals surface area contributed by atoms with Crippen LogP contribution in [0.2, 0.25) is 0 Å². The van der Waals surface area contributed by atoms with E-state index in [1.807, 2.05) is 0 Å². The Labute approximate surface area is 198 Å². The molecule has 0 saturated heterocycles. The van der Waals surface area contributed by atoms with Gasteiger partial charge >= 0.3 is 5.97 Å². The summed E-state index contributed by atoms with van der Waals surface area (Å²) < 4.78 is 36.7. The molecule has 0 amide bonds. The molecule has 0 unspecified atom stereocenters. The van der Waals surface area contributed by atoms with Crippen LogP contribution in [0.4, 0.5) is 0 Å². The highest BCUT2D eigenvalue weighted by atomic mass is 16.6.